The molecule has 1 aromatic rings. The molecule has 0 spiro atoms. The molecule has 1 saturated heterocycles. The van der Waals surface area contributed by atoms with Crippen molar-refractivity contribution in [3.8, 4) is 5.75 Å². The Kier molecular flexibility index (Phi) is 8.62. The minimum absolute atomic E-state index is 0. The molecule has 1 aliphatic rings. The van der Waals surface area contributed by atoms with Gasteiger partial charge in [-0.25, -0.2) is 0 Å². The van der Waals surface area contributed by atoms with Gasteiger partial charge in [-0.2, -0.15) is 0 Å². The lowest BCUT2D eigenvalue weighted by atomic mass is 10.1. The average molecular weight is 300 g/mol. The van der Waals surface area contributed by atoms with Crippen LogP contribution in [0.2, 0.25) is 0 Å². The number of ether oxygens (including phenoxy) is 2. The van der Waals surface area contributed by atoms with Crippen molar-refractivity contribution < 1.29 is 21.9 Å². The zero-order valence-electron chi connectivity index (χ0n) is 12.1. The highest BCUT2D eigenvalue weighted by molar-refractivity contribution is 5.27. The quantitative estimate of drug-likeness (QED) is 0.600. The summed E-state index contributed by atoms with van der Waals surface area (Å²) in [6.07, 6.45) is 1.06. The molecule has 1 heterocycles. The summed E-state index contributed by atoms with van der Waals surface area (Å²) in [6.45, 7) is 7.09. The zero-order valence-corrected chi connectivity index (χ0v) is 12.9. The molecule has 0 saturated carbocycles. The van der Waals surface area contributed by atoms with Crippen LogP contribution in [0.5, 0.6) is 5.75 Å². The van der Waals surface area contributed by atoms with E-state index in [0.717, 1.165) is 58.1 Å². The molecule has 2 rings (SSSR count). The van der Waals surface area contributed by atoms with E-state index in [2.05, 4.69) is 22.3 Å². The summed E-state index contributed by atoms with van der Waals surface area (Å²) in [6, 6.07) is 8.29. The van der Waals surface area contributed by atoms with Crippen molar-refractivity contribution in [1.82, 2.24) is 10.2 Å². The first-order valence-corrected chi connectivity index (χ1v) is 7.02. The van der Waals surface area contributed by atoms with Crippen molar-refractivity contribution in [3.05, 3.63) is 29.8 Å². The van der Waals surface area contributed by atoms with Crippen LogP contribution in [-0.2, 0) is 11.2 Å². The minimum Gasteiger partial charge on any atom is -1.00 e. The van der Waals surface area contributed by atoms with Gasteiger partial charge in [0.05, 0.1) is 20.3 Å². The first-order valence-electron chi connectivity index (χ1n) is 7.02. The van der Waals surface area contributed by atoms with Crippen LogP contribution in [0.4, 0.5) is 0 Å². The molecule has 4 nitrogen and oxygen atoms in total. The molecule has 20 heavy (non-hydrogen) atoms. The Labute approximate surface area is 127 Å². The van der Waals surface area contributed by atoms with Crippen LogP contribution in [-0.4, -0.2) is 57.9 Å². The van der Waals surface area contributed by atoms with E-state index in [9.17, 15) is 0 Å². The molecule has 1 fully saturated rings. The number of benzene rings is 1. The van der Waals surface area contributed by atoms with Crippen molar-refractivity contribution in [2.75, 3.05) is 53.0 Å². The van der Waals surface area contributed by atoms with Crippen LogP contribution in [0.3, 0.4) is 0 Å². The predicted molar refractivity (Wildman–Crippen MR) is 76.8 cm³/mol. The van der Waals surface area contributed by atoms with Gasteiger partial charge in [-0.1, -0.05) is 12.1 Å². The number of nitrogens with zero attached hydrogens (tertiary/aromatic N) is 1. The molecular weight excluding hydrogens is 276 g/mol. The van der Waals surface area contributed by atoms with E-state index in [0.29, 0.717) is 0 Å². The van der Waals surface area contributed by atoms with Crippen molar-refractivity contribution in [3.63, 3.8) is 0 Å². The fraction of sp³-hybridized carbons (Fsp3) is 0.600. The number of halogens is 1. The van der Waals surface area contributed by atoms with Gasteiger partial charge in [0.2, 0.25) is 0 Å². The Morgan fingerprint density at radius 2 is 1.85 bits per heavy atom. The summed E-state index contributed by atoms with van der Waals surface area (Å²) in [5, 5.41) is 3.50. The third-order valence-corrected chi connectivity index (χ3v) is 3.46. The van der Waals surface area contributed by atoms with E-state index in [1.165, 1.54) is 5.56 Å². The molecule has 5 heteroatoms. The molecule has 0 unspecified atom stereocenters. The number of morpholine rings is 1. The average Bonchev–Trinajstić information content (AvgIpc) is 2.49. The largest absolute Gasteiger partial charge is 1.00 e. The molecule has 1 aliphatic heterocycles. The maximum atomic E-state index is 5.33. The monoisotopic (exact) mass is 299 g/mol. The second-order valence-electron chi connectivity index (χ2n) is 4.80. The molecule has 0 bridgehead atoms. The van der Waals surface area contributed by atoms with Crippen LogP contribution in [0.1, 0.15) is 5.56 Å². The summed E-state index contributed by atoms with van der Waals surface area (Å²) < 4.78 is 10.5. The lowest BCUT2D eigenvalue weighted by Crippen LogP contribution is -3.00. The highest BCUT2D eigenvalue weighted by atomic mass is 35.5. The van der Waals surface area contributed by atoms with E-state index < -0.39 is 0 Å². The van der Waals surface area contributed by atoms with Crippen molar-refractivity contribution in [2.45, 2.75) is 6.42 Å². The third kappa shape index (κ3) is 6.09. The minimum atomic E-state index is 0. The molecule has 1 N–H and O–H groups in total. The number of methoxy groups -OCH3 is 1. The van der Waals surface area contributed by atoms with E-state index in [4.69, 9.17) is 9.47 Å². The van der Waals surface area contributed by atoms with E-state index in [-0.39, 0.29) is 12.4 Å². The Morgan fingerprint density at radius 1 is 1.15 bits per heavy atom. The fourth-order valence-corrected chi connectivity index (χ4v) is 2.21. The molecule has 0 radical (unpaired) electrons. The second kappa shape index (κ2) is 10.00. The van der Waals surface area contributed by atoms with Gasteiger partial charge < -0.3 is 27.2 Å². The van der Waals surface area contributed by atoms with E-state index in [1.54, 1.807) is 7.11 Å². The summed E-state index contributed by atoms with van der Waals surface area (Å²) in [4.78, 5) is 2.45. The Balaban J connectivity index is 0.00000200. The molecule has 114 valence electrons. The number of hydrogen-bond donors (Lipinski definition) is 1. The van der Waals surface area contributed by atoms with Crippen LogP contribution in [0, 0.1) is 0 Å². The van der Waals surface area contributed by atoms with Crippen LogP contribution in [0.25, 0.3) is 0 Å². The summed E-state index contributed by atoms with van der Waals surface area (Å²) in [7, 11) is 1.70. The van der Waals surface area contributed by atoms with Gasteiger partial charge in [-0.3, -0.25) is 4.90 Å². The highest BCUT2D eigenvalue weighted by Crippen LogP contribution is 2.11. The predicted octanol–water partition coefficient (Wildman–Crippen LogP) is -1.84. The number of nitrogens with one attached hydrogen (secondary N) is 1. The normalized spacial score (nSPS) is 15.7. The van der Waals surface area contributed by atoms with Crippen molar-refractivity contribution in [1.29, 1.82) is 0 Å². The number of rotatable bonds is 7. The Morgan fingerprint density at radius 3 is 2.50 bits per heavy atom. The lowest BCUT2D eigenvalue weighted by molar-refractivity contribution is -0.00000593. The maximum absolute atomic E-state index is 5.33. The fourth-order valence-electron chi connectivity index (χ4n) is 2.21. The van der Waals surface area contributed by atoms with Gasteiger partial charge in [0.25, 0.3) is 0 Å². The standard InChI is InChI=1S/C15H24N2O2.ClH/c1-18-15-4-2-14(3-5-15)6-7-16-8-9-17-10-12-19-13-11-17;/h2-5,16H,6-13H2,1H3;1H/p-1. The zero-order chi connectivity index (χ0) is 13.3. The molecular formula is C15H24ClN2O2-. The number of hydrogen-bond acceptors (Lipinski definition) is 4. The van der Waals surface area contributed by atoms with Gasteiger partial charge in [0.15, 0.2) is 0 Å². The van der Waals surface area contributed by atoms with Gasteiger partial charge in [-0.05, 0) is 30.7 Å². The van der Waals surface area contributed by atoms with Crippen molar-refractivity contribution in [2.24, 2.45) is 0 Å². The Bertz CT molecular complexity index is 353. The van der Waals surface area contributed by atoms with Crippen LogP contribution < -0.4 is 22.5 Å². The van der Waals surface area contributed by atoms with Gasteiger partial charge >= 0.3 is 0 Å². The van der Waals surface area contributed by atoms with Gasteiger partial charge in [-0.15, -0.1) is 0 Å². The van der Waals surface area contributed by atoms with Gasteiger partial charge in [0.1, 0.15) is 5.75 Å². The van der Waals surface area contributed by atoms with E-state index >= 15 is 0 Å². The SMILES string of the molecule is COc1ccc(CCNCCN2CCOCC2)cc1.[Cl-]. The summed E-state index contributed by atoms with van der Waals surface area (Å²) in [5.74, 6) is 0.920. The van der Waals surface area contributed by atoms with Crippen LogP contribution in [0.15, 0.2) is 24.3 Å². The third-order valence-electron chi connectivity index (χ3n) is 3.46. The first-order chi connectivity index (χ1) is 9.38. The molecule has 0 atom stereocenters. The van der Waals surface area contributed by atoms with Gasteiger partial charge in [0, 0.05) is 26.2 Å². The van der Waals surface area contributed by atoms with Crippen LogP contribution >= 0.6 is 0 Å². The highest BCUT2D eigenvalue weighted by Gasteiger charge is 2.08. The maximum Gasteiger partial charge on any atom is 0.118 e. The van der Waals surface area contributed by atoms with Crippen molar-refractivity contribution >= 4 is 0 Å². The van der Waals surface area contributed by atoms with E-state index in [1.807, 2.05) is 12.1 Å². The molecule has 0 aromatic heterocycles. The smallest absolute Gasteiger partial charge is 0.118 e. The molecule has 0 aliphatic carbocycles. The lowest BCUT2D eigenvalue weighted by Gasteiger charge is -2.26. The topological polar surface area (TPSA) is 33.7 Å². The summed E-state index contributed by atoms with van der Waals surface area (Å²) >= 11 is 0. The summed E-state index contributed by atoms with van der Waals surface area (Å²) in [5.41, 5.74) is 1.35. The first kappa shape index (κ1) is 17.2. The second-order valence-corrected chi connectivity index (χ2v) is 4.80. The Hall–Kier alpha value is -0.810. The molecule has 0 amide bonds. The molecule has 1 aromatic carbocycles.